The second-order valence-corrected chi connectivity index (χ2v) is 5.14. The predicted molar refractivity (Wildman–Crippen MR) is 86.6 cm³/mol. The number of alkyl halides is 3. The van der Waals surface area contributed by atoms with Crippen molar-refractivity contribution in [2.24, 2.45) is 0 Å². The normalized spacial score (nSPS) is 11.1. The largest absolute Gasteiger partial charge is 0.461 e. The van der Waals surface area contributed by atoms with Crippen molar-refractivity contribution < 1.29 is 32.2 Å². The van der Waals surface area contributed by atoms with Crippen LogP contribution >= 0.6 is 0 Å². The number of carbonyl (C=O) groups is 2. The van der Waals surface area contributed by atoms with Crippen LogP contribution in [0.2, 0.25) is 0 Å². The van der Waals surface area contributed by atoms with Gasteiger partial charge in [0.25, 0.3) is 0 Å². The molecule has 0 N–H and O–H groups in total. The second kappa shape index (κ2) is 7.99. The first-order valence-corrected chi connectivity index (χ1v) is 7.80. The van der Waals surface area contributed by atoms with Crippen LogP contribution in [0.25, 0.3) is 11.1 Å². The molecule has 0 aliphatic rings. The fraction of sp³-hybridized carbons (Fsp3) is 0.278. The van der Waals surface area contributed by atoms with E-state index in [2.05, 4.69) is 4.98 Å². The third kappa shape index (κ3) is 4.59. The van der Waals surface area contributed by atoms with E-state index in [-0.39, 0.29) is 24.6 Å². The van der Waals surface area contributed by atoms with Crippen LogP contribution in [0.15, 0.2) is 36.4 Å². The summed E-state index contributed by atoms with van der Waals surface area (Å²) in [6, 6.07) is 7.05. The van der Waals surface area contributed by atoms with Crippen LogP contribution in [-0.4, -0.2) is 30.1 Å². The SMILES string of the molecule is CCOC(=O)c1cc(-c2ccc(C(F)(F)F)cc2)cc(C(=O)OCC)n1. The minimum absolute atomic E-state index is 0.111. The van der Waals surface area contributed by atoms with E-state index >= 15 is 0 Å². The lowest BCUT2D eigenvalue weighted by Gasteiger charge is -2.10. The zero-order valence-corrected chi connectivity index (χ0v) is 14.1. The number of hydrogen-bond acceptors (Lipinski definition) is 5. The first kappa shape index (κ1) is 19.4. The minimum atomic E-state index is -4.46. The zero-order valence-electron chi connectivity index (χ0n) is 14.1. The van der Waals surface area contributed by atoms with Crippen molar-refractivity contribution >= 4 is 11.9 Å². The first-order valence-electron chi connectivity index (χ1n) is 7.80. The monoisotopic (exact) mass is 367 g/mol. The van der Waals surface area contributed by atoms with Crippen molar-refractivity contribution in [1.29, 1.82) is 0 Å². The van der Waals surface area contributed by atoms with Gasteiger partial charge in [-0.05, 0) is 49.2 Å². The quantitative estimate of drug-likeness (QED) is 0.744. The van der Waals surface area contributed by atoms with Crippen LogP contribution in [0.1, 0.15) is 40.4 Å². The molecule has 1 aromatic carbocycles. The van der Waals surface area contributed by atoms with E-state index in [1.807, 2.05) is 0 Å². The number of hydrogen-bond donors (Lipinski definition) is 0. The molecule has 8 heteroatoms. The van der Waals surface area contributed by atoms with E-state index in [1.165, 1.54) is 24.3 Å². The Kier molecular flexibility index (Phi) is 5.97. The fourth-order valence-corrected chi connectivity index (χ4v) is 2.17. The molecule has 0 fully saturated rings. The summed E-state index contributed by atoms with van der Waals surface area (Å²) in [5.41, 5.74) is -0.331. The molecule has 26 heavy (non-hydrogen) atoms. The second-order valence-electron chi connectivity index (χ2n) is 5.14. The molecule has 0 saturated heterocycles. The van der Waals surface area contributed by atoms with E-state index in [4.69, 9.17) is 9.47 Å². The number of pyridine rings is 1. The standard InChI is InChI=1S/C18H16F3NO4/c1-3-25-16(23)14-9-12(10-15(22-14)17(24)26-4-2)11-5-7-13(8-6-11)18(19,20)21/h5-10H,3-4H2,1-2H3. The summed E-state index contributed by atoms with van der Waals surface area (Å²) >= 11 is 0. The molecular formula is C18H16F3NO4. The Morgan fingerprint density at radius 2 is 1.35 bits per heavy atom. The van der Waals surface area contributed by atoms with Crippen LogP contribution in [0.3, 0.4) is 0 Å². The Labute approximate surface area is 147 Å². The maximum absolute atomic E-state index is 12.7. The van der Waals surface area contributed by atoms with Gasteiger partial charge in [-0.25, -0.2) is 14.6 Å². The van der Waals surface area contributed by atoms with E-state index in [0.29, 0.717) is 11.1 Å². The van der Waals surface area contributed by atoms with Gasteiger partial charge in [-0.3, -0.25) is 0 Å². The zero-order chi connectivity index (χ0) is 19.3. The van der Waals surface area contributed by atoms with Gasteiger partial charge < -0.3 is 9.47 Å². The van der Waals surface area contributed by atoms with Gasteiger partial charge in [-0.15, -0.1) is 0 Å². The molecule has 138 valence electrons. The highest BCUT2D eigenvalue weighted by Gasteiger charge is 2.30. The van der Waals surface area contributed by atoms with Crippen LogP contribution in [-0.2, 0) is 15.7 Å². The number of nitrogens with zero attached hydrogens (tertiary/aromatic N) is 1. The van der Waals surface area contributed by atoms with Gasteiger partial charge in [0.1, 0.15) is 11.4 Å². The maximum atomic E-state index is 12.7. The highest BCUT2D eigenvalue weighted by molar-refractivity contribution is 5.94. The number of aromatic nitrogens is 1. The molecular weight excluding hydrogens is 351 g/mol. The molecule has 0 spiro atoms. The summed E-state index contributed by atoms with van der Waals surface area (Å²) in [6.07, 6.45) is -4.46. The molecule has 1 heterocycles. The molecule has 0 amide bonds. The van der Waals surface area contributed by atoms with Gasteiger partial charge in [0.05, 0.1) is 18.8 Å². The third-order valence-corrected chi connectivity index (χ3v) is 3.34. The Bertz CT molecular complexity index is 765. The lowest BCUT2D eigenvalue weighted by atomic mass is 10.0. The van der Waals surface area contributed by atoms with Crippen molar-refractivity contribution in [1.82, 2.24) is 4.98 Å². The fourth-order valence-electron chi connectivity index (χ4n) is 2.17. The predicted octanol–water partition coefficient (Wildman–Crippen LogP) is 4.12. The van der Waals surface area contributed by atoms with Gasteiger partial charge in [-0.2, -0.15) is 13.2 Å². The van der Waals surface area contributed by atoms with Crippen LogP contribution < -0.4 is 0 Å². The molecule has 0 aliphatic heterocycles. The topological polar surface area (TPSA) is 65.5 Å². The number of rotatable bonds is 5. The number of ether oxygens (including phenoxy) is 2. The molecule has 0 aliphatic carbocycles. The van der Waals surface area contributed by atoms with Crippen LogP contribution in [0, 0.1) is 0 Å². The molecule has 0 bridgehead atoms. The molecule has 0 radical (unpaired) electrons. The van der Waals surface area contributed by atoms with Crippen molar-refractivity contribution in [3.05, 3.63) is 53.3 Å². The highest BCUT2D eigenvalue weighted by atomic mass is 19.4. The summed E-state index contributed by atoms with van der Waals surface area (Å²) in [7, 11) is 0. The Balaban J connectivity index is 2.49. The van der Waals surface area contributed by atoms with E-state index < -0.39 is 23.7 Å². The number of esters is 2. The van der Waals surface area contributed by atoms with Crippen LogP contribution in [0.4, 0.5) is 13.2 Å². The molecule has 0 unspecified atom stereocenters. The van der Waals surface area contributed by atoms with Gasteiger partial charge in [-0.1, -0.05) is 12.1 Å². The van der Waals surface area contributed by atoms with E-state index in [9.17, 15) is 22.8 Å². The number of halogens is 3. The minimum Gasteiger partial charge on any atom is -0.461 e. The molecule has 0 atom stereocenters. The summed E-state index contributed by atoms with van der Waals surface area (Å²) in [5.74, 6) is -1.49. The van der Waals surface area contributed by atoms with Gasteiger partial charge in [0.15, 0.2) is 0 Å². The Hall–Kier alpha value is -2.90. The lowest BCUT2D eigenvalue weighted by molar-refractivity contribution is -0.137. The maximum Gasteiger partial charge on any atom is 0.416 e. The molecule has 1 aromatic heterocycles. The number of carbonyl (C=O) groups excluding carboxylic acids is 2. The lowest BCUT2D eigenvalue weighted by Crippen LogP contribution is -2.13. The summed E-state index contributed by atoms with van der Waals surface area (Å²) < 4.78 is 47.8. The van der Waals surface area contributed by atoms with E-state index in [0.717, 1.165) is 12.1 Å². The third-order valence-electron chi connectivity index (χ3n) is 3.34. The summed E-state index contributed by atoms with van der Waals surface area (Å²) in [5, 5.41) is 0. The van der Waals surface area contributed by atoms with Gasteiger partial charge >= 0.3 is 18.1 Å². The molecule has 0 saturated carbocycles. The summed E-state index contributed by atoms with van der Waals surface area (Å²) in [6.45, 7) is 3.45. The molecule has 2 aromatic rings. The van der Waals surface area contributed by atoms with Crippen molar-refractivity contribution in [2.75, 3.05) is 13.2 Å². The highest BCUT2D eigenvalue weighted by Crippen LogP contribution is 2.31. The van der Waals surface area contributed by atoms with E-state index in [1.54, 1.807) is 13.8 Å². The average molecular weight is 367 g/mol. The average Bonchev–Trinajstić information content (AvgIpc) is 2.61. The van der Waals surface area contributed by atoms with Crippen LogP contribution in [0.5, 0.6) is 0 Å². The first-order chi connectivity index (χ1) is 12.3. The number of benzene rings is 1. The molecule has 5 nitrogen and oxygen atoms in total. The van der Waals surface area contributed by atoms with Gasteiger partial charge in [0.2, 0.25) is 0 Å². The Morgan fingerprint density at radius 3 is 1.73 bits per heavy atom. The smallest absolute Gasteiger partial charge is 0.416 e. The van der Waals surface area contributed by atoms with Crippen molar-refractivity contribution in [3.8, 4) is 11.1 Å². The Morgan fingerprint density at radius 1 is 0.885 bits per heavy atom. The van der Waals surface area contributed by atoms with Gasteiger partial charge in [0, 0.05) is 0 Å². The molecule has 2 rings (SSSR count). The van der Waals surface area contributed by atoms with Crippen molar-refractivity contribution in [2.45, 2.75) is 20.0 Å². The van der Waals surface area contributed by atoms with Crippen molar-refractivity contribution in [3.63, 3.8) is 0 Å². The summed E-state index contributed by atoms with van der Waals surface area (Å²) in [4.78, 5) is 27.8.